The van der Waals surface area contributed by atoms with E-state index in [0.717, 1.165) is 4.47 Å². The second kappa shape index (κ2) is 6.45. The van der Waals surface area contributed by atoms with E-state index in [1.54, 1.807) is 53.2 Å². The molecule has 0 atom stereocenters. The first-order valence-electron chi connectivity index (χ1n) is 7.19. The molecule has 0 spiro atoms. The first-order valence-corrected chi connectivity index (χ1v) is 9.40. The van der Waals surface area contributed by atoms with Crippen LogP contribution in [-0.2, 0) is 10.1 Å². The average Bonchev–Trinajstić information content (AvgIpc) is 2.87. The van der Waals surface area contributed by atoms with Crippen LogP contribution in [-0.4, -0.2) is 39.5 Å². The van der Waals surface area contributed by atoms with Crippen molar-refractivity contribution in [1.29, 1.82) is 0 Å². The normalized spacial score (nSPS) is 15.0. The summed E-state index contributed by atoms with van der Waals surface area (Å²) in [6.07, 6.45) is 0. The van der Waals surface area contributed by atoms with E-state index < -0.39 is 10.1 Å². The van der Waals surface area contributed by atoms with Crippen LogP contribution in [0.5, 0.6) is 5.75 Å². The van der Waals surface area contributed by atoms with E-state index in [1.165, 1.54) is 12.1 Å². The summed E-state index contributed by atoms with van der Waals surface area (Å²) >= 11 is 3.27. The van der Waals surface area contributed by atoms with Crippen LogP contribution in [0.3, 0.4) is 0 Å². The Kier molecular flexibility index (Phi) is 4.51. The monoisotopic (exact) mass is 410 g/mol. The second-order valence-electron chi connectivity index (χ2n) is 5.34. The van der Waals surface area contributed by atoms with E-state index in [0.29, 0.717) is 18.8 Å². The van der Waals surface area contributed by atoms with Gasteiger partial charge >= 0.3 is 16.1 Å². The topological polar surface area (TPSA) is 66.9 Å². The Balaban J connectivity index is 1.81. The van der Waals surface area contributed by atoms with Crippen LogP contribution < -0.4 is 9.08 Å². The Morgan fingerprint density at radius 2 is 1.79 bits per heavy atom. The highest BCUT2D eigenvalue weighted by Crippen LogP contribution is 2.25. The first-order chi connectivity index (χ1) is 11.4. The number of urea groups is 1. The molecule has 1 fully saturated rings. The third kappa shape index (κ3) is 3.39. The minimum Gasteiger partial charge on any atom is -0.379 e. The van der Waals surface area contributed by atoms with Crippen LogP contribution in [0.4, 0.5) is 10.5 Å². The van der Waals surface area contributed by atoms with Gasteiger partial charge in [0.1, 0.15) is 10.6 Å². The third-order valence-corrected chi connectivity index (χ3v) is 5.41. The Morgan fingerprint density at radius 1 is 1.08 bits per heavy atom. The Hall–Kier alpha value is -2.06. The molecule has 2 aromatic carbocycles. The molecule has 0 aromatic heterocycles. The van der Waals surface area contributed by atoms with Gasteiger partial charge in [-0.1, -0.05) is 22.0 Å². The summed E-state index contributed by atoms with van der Waals surface area (Å²) in [5.74, 6) is 0.227. The maximum Gasteiger partial charge on any atom is 0.339 e. The number of anilines is 1. The molecular formula is C16H15BrN2O4S. The van der Waals surface area contributed by atoms with Crippen molar-refractivity contribution in [3.8, 4) is 5.75 Å². The van der Waals surface area contributed by atoms with Crippen molar-refractivity contribution in [3.05, 3.63) is 53.0 Å². The summed E-state index contributed by atoms with van der Waals surface area (Å²) in [6.45, 7) is 1.22. The molecule has 6 nitrogen and oxygen atoms in total. The Bertz CT molecular complexity index is 868. The predicted molar refractivity (Wildman–Crippen MR) is 93.8 cm³/mol. The van der Waals surface area contributed by atoms with Crippen molar-refractivity contribution in [2.24, 2.45) is 0 Å². The van der Waals surface area contributed by atoms with Gasteiger partial charge in [0.2, 0.25) is 0 Å². The number of benzene rings is 2. The highest BCUT2D eigenvalue weighted by molar-refractivity contribution is 9.10. The highest BCUT2D eigenvalue weighted by atomic mass is 79.9. The lowest BCUT2D eigenvalue weighted by Crippen LogP contribution is -2.29. The molecule has 1 aliphatic rings. The van der Waals surface area contributed by atoms with Gasteiger partial charge < -0.3 is 9.08 Å². The number of rotatable bonds is 4. The summed E-state index contributed by atoms with van der Waals surface area (Å²) < 4.78 is 30.5. The summed E-state index contributed by atoms with van der Waals surface area (Å²) in [7, 11) is -2.20. The van der Waals surface area contributed by atoms with Crippen LogP contribution >= 0.6 is 15.9 Å². The molecule has 2 amide bonds. The van der Waals surface area contributed by atoms with Gasteiger partial charge in [-0.25, -0.2) is 4.79 Å². The number of likely N-dealkylation sites (N-methyl/N-ethyl adjacent to an activating group) is 1. The predicted octanol–water partition coefficient (Wildman–Crippen LogP) is 3.09. The van der Waals surface area contributed by atoms with Crippen LogP contribution in [0.15, 0.2) is 57.9 Å². The minimum atomic E-state index is -3.93. The van der Waals surface area contributed by atoms with E-state index in [1.807, 2.05) is 0 Å². The fourth-order valence-electron chi connectivity index (χ4n) is 2.37. The smallest absolute Gasteiger partial charge is 0.339 e. The SMILES string of the molecule is CN1CCN(c2ccc(S(=O)(=O)Oc3cccc(Br)c3)cc2)C1=O. The van der Waals surface area contributed by atoms with Gasteiger partial charge in [0.05, 0.1) is 0 Å². The molecule has 8 heteroatoms. The molecule has 1 saturated heterocycles. The number of hydrogen-bond donors (Lipinski definition) is 0. The minimum absolute atomic E-state index is 0.0335. The zero-order chi connectivity index (χ0) is 17.3. The molecule has 0 radical (unpaired) electrons. The van der Waals surface area contributed by atoms with Gasteiger partial charge in [-0.15, -0.1) is 0 Å². The lowest BCUT2D eigenvalue weighted by atomic mass is 10.3. The molecule has 0 unspecified atom stereocenters. The van der Waals surface area contributed by atoms with Crippen LogP contribution in [0.25, 0.3) is 0 Å². The van der Waals surface area contributed by atoms with Crippen LogP contribution in [0.2, 0.25) is 0 Å². The molecule has 1 aliphatic heterocycles. The van der Waals surface area contributed by atoms with Crippen molar-refractivity contribution < 1.29 is 17.4 Å². The standard InChI is InChI=1S/C16H15BrN2O4S/c1-18-9-10-19(16(18)20)13-5-7-15(8-6-13)24(21,22)23-14-4-2-3-12(17)11-14/h2-8,11H,9-10H2,1H3. The summed E-state index contributed by atoms with van der Waals surface area (Å²) in [6, 6.07) is 12.6. The molecule has 1 heterocycles. The Morgan fingerprint density at radius 3 is 2.38 bits per heavy atom. The van der Waals surface area contributed by atoms with Gasteiger partial charge in [0.25, 0.3) is 0 Å². The van der Waals surface area contributed by atoms with Crippen LogP contribution in [0, 0.1) is 0 Å². The van der Waals surface area contributed by atoms with Gasteiger partial charge in [-0.3, -0.25) is 4.90 Å². The fourth-order valence-corrected chi connectivity index (χ4v) is 3.67. The largest absolute Gasteiger partial charge is 0.379 e. The molecule has 24 heavy (non-hydrogen) atoms. The third-order valence-electron chi connectivity index (χ3n) is 3.66. The highest BCUT2D eigenvalue weighted by Gasteiger charge is 2.27. The summed E-state index contributed by atoms with van der Waals surface area (Å²) in [5, 5.41) is 0. The fraction of sp³-hybridized carbons (Fsp3) is 0.188. The van der Waals surface area contributed by atoms with Crippen molar-refractivity contribution in [1.82, 2.24) is 4.90 Å². The zero-order valence-electron chi connectivity index (χ0n) is 12.8. The molecule has 0 aliphatic carbocycles. The Labute approximate surface area is 148 Å². The molecule has 3 rings (SSSR count). The summed E-state index contributed by atoms with van der Waals surface area (Å²) in [5.41, 5.74) is 0.658. The quantitative estimate of drug-likeness (QED) is 0.726. The van der Waals surface area contributed by atoms with Crippen molar-refractivity contribution in [2.75, 3.05) is 25.0 Å². The lowest BCUT2D eigenvalue weighted by Gasteiger charge is -2.16. The van der Waals surface area contributed by atoms with Gasteiger partial charge in [-0.05, 0) is 42.5 Å². The van der Waals surface area contributed by atoms with Crippen molar-refractivity contribution >= 4 is 37.8 Å². The number of nitrogens with zero attached hydrogens (tertiary/aromatic N) is 2. The van der Waals surface area contributed by atoms with Gasteiger partial charge in [0, 0.05) is 30.3 Å². The molecule has 0 bridgehead atoms. The van der Waals surface area contributed by atoms with E-state index in [2.05, 4.69) is 15.9 Å². The maximum absolute atomic E-state index is 12.3. The van der Waals surface area contributed by atoms with Crippen LogP contribution in [0.1, 0.15) is 0 Å². The number of amides is 2. The molecule has 0 N–H and O–H groups in total. The van der Waals surface area contributed by atoms with Gasteiger partial charge in [-0.2, -0.15) is 8.42 Å². The molecule has 2 aromatic rings. The number of hydrogen-bond acceptors (Lipinski definition) is 4. The van der Waals surface area contributed by atoms with Crippen molar-refractivity contribution in [3.63, 3.8) is 0 Å². The lowest BCUT2D eigenvalue weighted by molar-refractivity contribution is 0.229. The number of carbonyl (C=O) groups is 1. The first kappa shape index (κ1) is 16.8. The number of carbonyl (C=O) groups excluding carboxylic acids is 1. The van der Waals surface area contributed by atoms with E-state index in [-0.39, 0.29) is 16.7 Å². The van der Waals surface area contributed by atoms with E-state index >= 15 is 0 Å². The van der Waals surface area contributed by atoms with Crippen molar-refractivity contribution in [2.45, 2.75) is 4.90 Å². The molecular weight excluding hydrogens is 396 g/mol. The van der Waals surface area contributed by atoms with E-state index in [4.69, 9.17) is 4.18 Å². The zero-order valence-corrected chi connectivity index (χ0v) is 15.2. The van der Waals surface area contributed by atoms with E-state index in [9.17, 15) is 13.2 Å². The summed E-state index contributed by atoms with van der Waals surface area (Å²) in [4.78, 5) is 15.2. The van der Waals surface area contributed by atoms with Gasteiger partial charge in [0.15, 0.2) is 0 Å². The second-order valence-corrected chi connectivity index (χ2v) is 7.81. The average molecular weight is 411 g/mol. The molecule has 0 saturated carbocycles. The molecule has 126 valence electrons. The number of halogens is 1. The maximum atomic E-state index is 12.3.